The molecule has 0 saturated heterocycles. The quantitative estimate of drug-likeness (QED) is 0.793. The number of nitrogens with two attached hydrogens (primary N) is 1. The van der Waals surface area contributed by atoms with Gasteiger partial charge in [0.15, 0.2) is 5.72 Å². The fraction of sp³-hybridized carbons (Fsp3) is 0.500. The number of fused-ring (bicyclic) bond motifs is 1. The van der Waals surface area contributed by atoms with Crippen molar-refractivity contribution < 1.29 is 4.74 Å². The van der Waals surface area contributed by atoms with Crippen LogP contribution in [-0.2, 0) is 10.5 Å². The molecule has 0 fully saturated rings. The van der Waals surface area contributed by atoms with Crippen LogP contribution in [0.15, 0.2) is 29.3 Å². The maximum atomic E-state index is 5.97. The van der Waals surface area contributed by atoms with E-state index in [1.807, 2.05) is 18.2 Å². The van der Waals surface area contributed by atoms with E-state index >= 15 is 0 Å². The van der Waals surface area contributed by atoms with E-state index in [9.17, 15) is 0 Å². The number of nitrogens with zero attached hydrogens (tertiary/aromatic N) is 1. The number of aliphatic imine (C=N–C) groups is 1. The molecule has 3 nitrogen and oxygen atoms in total. The summed E-state index contributed by atoms with van der Waals surface area (Å²) < 4.78 is 5.67. The van der Waals surface area contributed by atoms with Crippen LogP contribution in [0.4, 0.5) is 0 Å². The summed E-state index contributed by atoms with van der Waals surface area (Å²) in [5.41, 5.74) is 7.55. The largest absolute Gasteiger partial charge is 0.383 e. The zero-order valence-electron chi connectivity index (χ0n) is 10.6. The second kappa shape index (κ2) is 4.88. The van der Waals surface area contributed by atoms with Gasteiger partial charge < -0.3 is 10.5 Å². The fourth-order valence-corrected chi connectivity index (χ4v) is 2.42. The van der Waals surface area contributed by atoms with E-state index in [2.05, 4.69) is 18.0 Å². The molecule has 1 aromatic rings. The van der Waals surface area contributed by atoms with Gasteiger partial charge in [-0.05, 0) is 6.42 Å². The van der Waals surface area contributed by atoms with Gasteiger partial charge in [0.25, 0.3) is 0 Å². The van der Waals surface area contributed by atoms with Crippen LogP contribution >= 0.6 is 0 Å². The lowest BCUT2D eigenvalue weighted by atomic mass is 9.95. The summed E-state index contributed by atoms with van der Waals surface area (Å²) >= 11 is 0. The third kappa shape index (κ3) is 2.07. The van der Waals surface area contributed by atoms with E-state index in [1.165, 1.54) is 12.8 Å². The standard InChI is InChI=1S/C14H20N2O/c1-3-4-7-10-14(17-2)12-9-6-5-8-11(12)13(15)16-14/h5-6,8-9H,3-4,7,10H2,1-2H3,(H2,15,16). The van der Waals surface area contributed by atoms with Crippen molar-refractivity contribution >= 4 is 5.84 Å². The molecule has 17 heavy (non-hydrogen) atoms. The molecule has 0 amide bonds. The minimum Gasteiger partial charge on any atom is -0.383 e. The minimum atomic E-state index is -0.546. The van der Waals surface area contributed by atoms with E-state index in [0.717, 1.165) is 24.0 Å². The second-order valence-corrected chi connectivity index (χ2v) is 4.49. The first kappa shape index (κ1) is 12.1. The van der Waals surface area contributed by atoms with Crippen LogP contribution in [0.1, 0.15) is 43.7 Å². The van der Waals surface area contributed by atoms with Crippen molar-refractivity contribution in [3.8, 4) is 0 Å². The van der Waals surface area contributed by atoms with Gasteiger partial charge in [-0.15, -0.1) is 0 Å². The Kier molecular flexibility index (Phi) is 3.48. The Morgan fingerprint density at radius 1 is 1.29 bits per heavy atom. The Hall–Kier alpha value is -1.35. The zero-order valence-corrected chi connectivity index (χ0v) is 10.6. The summed E-state index contributed by atoms with van der Waals surface area (Å²) in [5, 5.41) is 0. The van der Waals surface area contributed by atoms with Gasteiger partial charge in [0, 0.05) is 24.7 Å². The van der Waals surface area contributed by atoms with Crippen molar-refractivity contribution in [2.75, 3.05) is 7.11 Å². The highest BCUT2D eigenvalue weighted by Crippen LogP contribution is 2.39. The summed E-state index contributed by atoms with van der Waals surface area (Å²) in [7, 11) is 1.71. The first-order chi connectivity index (χ1) is 8.23. The molecule has 0 radical (unpaired) electrons. The number of hydrogen-bond donors (Lipinski definition) is 1. The molecule has 0 spiro atoms. The molecule has 1 unspecified atom stereocenters. The summed E-state index contributed by atoms with van der Waals surface area (Å²) in [5.74, 6) is 0.596. The van der Waals surface area contributed by atoms with Crippen LogP contribution in [0, 0.1) is 0 Å². The van der Waals surface area contributed by atoms with Gasteiger partial charge >= 0.3 is 0 Å². The van der Waals surface area contributed by atoms with Crippen molar-refractivity contribution in [3.05, 3.63) is 35.4 Å². The van der Waals surface area contributed by atoms with Crippen LogP contribution < -0.4 is 5.73 Å². The number of hydrogen-bond acceptors (Lipinski definition) is 3. The number of amidine groups is 1. The van der Waals surface area contributed by atoms with Gasteiger partial charge in [0.05, 0.1) is 0 Å². The first-order valence-corrected chi connectivity index (χ1v) is 6.24. The number of rotatable bonds is 5. The van der Waals surface area contributed by atoms with Crippen LogP contribution in [0.25, 0.3) is 0 Å². The lowest BCUT2D eigenvalue weighted by Crippen LogP contribution is -2.24. The Morgan fingerprint density at radius 3 is 2.76 bits per heavy atom. The molecule has 1 aliphatic rings. The molecule has 1 heterocycles. The molecular formula is C14H20N2O. The van der Waals surface area contributed by atoms with Gasteiger partial charge in [-0.25, -0.2) is 4.99 Å². The zero-order chi connectivity index (χ0) is 12.3. The van der Waals surface area contributed by atoms with Crippen LogP contribution in [0.3, 0.4) is 0 Å². The van der Waals surface area contributed by atoms with Crippen LogP contribution in [-0.4, -0.2) is 12.9 Å². The lowest BCUT2D eigenvalue weighted by molar-refractivity contribution is -0.0135. The Balaban J connectivity index is 2.30. The van der Waals surface area contributed by atoms with Gasteiger partial charge in [-0.3, -0.25) is 0 Å². The predicted molar refractivity (Wildman–Crippen MR) is 70.0 cm³/mol. The summed E-state index contributed by atoms with van der Waals surface area (Å²) in [6.07, 6.45) is 4.40. The van der Waals surface area contributed by atoms with Gasteiger partial charge in [0.1, 0.15) is 5.84 Å². The van der Waals surface area contributed by atoms with Crippen LogP contribution in [0.2, 0.25) is 0 Å². The number of methoxy groups -OCH3 is 1. The number of unbranched alkanes of at least 4 members (excludes halogenated alkanes) is 2. The number of benzene rings is 1. The van der Waals surface area contributed by atoms with E-state index in [4.69, 9.17) is 10.5 Å². The fourth-order valence-electron chi connectivity index (χ4n) is 2.42. The smallest absolute Gasteiger partial charge is 0.187 e. The number of ether oxygens (including phenoxy) is 1. The van der Waals surface area contributed by atoms with E-state index in [1.54, 1.807) is 7.11 Å². The molecule has 92 valence electrons. The SMILES string of the molecule is CCCCCC1(OC)N=C(N)c2ccccc21. The monoisotopic (exact) mass is 232 g/mol. The maximum absolute atomic E-state index is 5.97. The average molecular weight is 232 g/mol. The molecular weight excluding hydrogens is 212 g/mol. The highest BCUT2D eigenvalue weighted by Gasteiger charge is 2.38. The third-order valence-corrected chi connectivity index (χ3v) is 3.38. The van der Waals surface area contributed by atoms with Crippen molar-refractivity contribution in [3.63, 3.8) is 0 Å². The van der Waals surface area contributed by atoms with Crippen molar-refractivity contribution in [2.45, 2.75) is 38.3 Å². The Labute approximate surface area is 103 Å². The highest BCUT2D eigenvalue weighted by molar-refractivity contribution is 6.01. The maximum Gasteiger partial charge on any atom is 0.187 e. The summed E-state index contributed by atoms with van der Waals surface area (Å²) in [6, 6.07) is 8.07. The van der Waals surface area contributed by atoms with Crippen LogP contribution in [0.5, 0.6) is 0 Å². The normalized spacial score (nSPS) is 22.4. The topological polar surface area (TPSA) is 47.6 Å². The second-order valence-electron chi connectivity index (χ2n) is 4.49. The third-order valence-electron chi connectivity index (χ3n) is 3.38. The highest BCUT2D eigenvalue weighted by atomic mass is 16.5. The molecule has 0 saturated carbocycles. The molecule has 2 rings (SSSR count). The van der Waals surface area contributed by atoms with E-state index in [-0.39, 0.29) is 0 Å². The molecule has 1 aliphatic heterocycles. The molecule has 1 aromatic carbocycles. The van der Waals surface area contributed by atoms with Gasteiger partial charge in [0.2, 0.25) is 0 Å². The van der Waals surface area contributed by atoms with E-state index < -0.39 is 5.72 Å². The Morgan fingerprint density at radius 2 is 2.06 bits per heavy atom. The molecule has 1 atom stereocenters. The summed E-state index contributed by atoms with van der Waals surface area (Å²) in [4.78, 5) is 4.55. The average Bonchev–Trinajstić information content (AvgIpc) is 2.65. The van der Waals surface area contributed by atoms with Crippen molar-refractivity contribution in [2.24, 2.45) is 10.7 Å². The van der Waals surface area contributed by atoms with Gasteiger partial charge in [-0.2, -0.15) is 0 Å². The predicted octanol–water partition coefficient (Wildman–Crippen LogP) is 2.79. The minimum absolute atomic E-state index is 0.546. The first-order valence-electron chi connectivity index (χ1n) is 6.24. The summed E-state index contributed by atoms with van der Waals surface area (Å²) in [6.45, 7) is 2.19. The van der Waals surface area contributed by atoms with Gasteiger partial charge in [-0.1, -0.05) is 44.0 Å². The lowest BCUT2D eigenvalue weighted by Gasteiger charge is -2.25. The molecule has 0 aliphatic carbocycles. The molecule has 3 heteroatoms. The van der Waals surface area contributed by atoms with E-state index in [0.29, 0.717) is 5.84 Å². The molecule has 0 aromatic heterocycles. The molecule has 2 N–H and O–H groups in total. The van der Waals surface area contributed by atoms with Crippen molar-refractivity contribution in [1.29, 1.82) is 0 Å². The molecule has 0 bridgehead atoms. The van der Waals surface area contributed by atoms with Crippen molar-refractivity contribution in [1.82, 2.24) is 0 Å². The Bertz CT molecular complexity index is 428.